The van der Waals surface area contributed by atoms with Crippen LogP contribution in [0.2, 0.25) is 0 Å². The van der Waals surface area contributed by atoms with E-state index in [0.717, 1.165) is 35.6 Å². The zero-order valence-electron chi connectivity index (χ0n) is 11.1. The Labute approximate surface area is 130 Å². The molecule has 2 aromatic heterocycles. The van der Waals surface area contributed by atoms with Gasteiger partial charge in [0.1, 0.15) is 35.8 Å². The van der Waals surface area contributed by atoms with E-state index in [4.69, 9.17) is 10.00 Å². The predicted molar refractivity (Wildman–Crippen MR) is 79.9 cm³/mol. The number of ether oxygens (including phenoxy) is 1. The topological polar surface area (TPSA) is 74.9 Å². The monoisotopic (exact) mass is 345 g/mol. The van der Waals surface area contributed by atoms with Gasteiger partial charge in [-0.25, -0.2) is 9.97 Å². The lowest BCUT2D eigenvalue weighted by Gasteiger charge is -2.17. The van der Waals surface area contributed by atoms with Crippen molar-refractivity contribution in [2.24, 2.45) is 0 Å². The first-order valence-corrected chi connectivity index (χ1v) is 7.28. The lowest BCUT2D eigenvalue weighted by Crippen LogP contribution is -2.25. The maximum Gasteiger partial charge on any atom is 0.145 e. The highest BCUT2D eigenvalue weighted by Gasteiger charge is 2.25. The van der Waals surface area contributed by atoms with Crippen molar-refractivity contribution in [3.05, 3.63) is 41.0 Å². The van der Waals surface area contributed by atoms with Crippen molar-refractivity contribution in [1.82, 2.24) is 15.0 Å². The molecule has 1 fully saturated rings. The molecule has 6 nitrogen and oxygen atoms in total. The first-order valence-electron chi connectivity index (χ1n) is 6.49. The molecule has 0 spiro atoms. The lowest BCUT2D eigenvalue weighted by atomic mass is 10.3. The third-order valence-corrected chi connectivity index (χ3v) is 3.65. The fourth-order valence-corrected chi connectivity index (χ4v) is 2.61. The molecule has 1 atom stereocenters. The number of hydrogen-bond donors (Lipinski definition) is 0. The summed E-state index contributed by atoms with van der Waals surface area (Å²) in [5, 5.41) is 8.88. The molecule has 0 aliphatic carbocycles. The van der Waals surface area contributed by atoms with Crippen molar-refractivity contribution >= 4 is 21.7 Å². The third kappa shape index (κ3) is 3.28. The molecule has 3 heterocycles. The van der Waals surface area contributed by atoms with Gasteiger partial charge in [0.05, 0.1) is 12.7 Å². The van der Waals surface area contributed by atoms with Crippen LogP contribution < -0.4 is 9.64 Å². The molecule has 1 saturated heterocycles. The summed E-state index contributed by atoms with van der Waals surface area (Å²) < 4.78 is 6.81. The van der Waals surface area contributed by atoms with Gasteiger partial charge < -0.3 is 9.64 Å². The number of pyridine rings is 1. The van der Waals surface area contributed by atoms with Crippen molar-refractivity contribution in [1.29, 1.82) is 5.26 Å². The fourth-order valence-electron chi connectivity index (χ4n) is 2.26. The normalized spacial score (nSPS) is 17.5. The second-order valence-corrected chi connectivity index (χ2v) is 5.60. The van der Waals surface area contributed by atoms with Crippen LogP contribution in [-0.4, -0.2) is 34.1 Å². The first-order chi connectivity index (χ1) is 10.2. The summed E-state index contributed by atoms with van der Waals surface area (Å²) in [6.45, 7) is 1.57. The Hall–Kier alpha value is -2.20. The second kappa shape index (κ2) is 6.06. The summed E-state index contributed by atoms with van der Waals surface area (Å²) in [5.74, 6) is 1.51. The molecule has 0 radical (unpaired) electrons. The van der Waals surface area contributed by atoms with Crippen molar-refractivity contribution in [2.45, 2.75) is 12.5 Å². The highest BCUT2D eigenvalue weighted by molar-refractivity contribution is 9.10. The van der Waals surface area contributed by atoms with Crippen molar-refractivity contribution in [2.75, 3.05) is 18.0 Å². The number of hydrogen-bond acceptors (Lipinski definition) is 6. The largest absolute Gasteiger partial charge is 0.487 e. The van der Waals surface area contributed by atoms with Gasteiger partial charge in [-0.15, -0.1) is 0 Å². The molecule has 0 bridgehead atoms. The molecule has 106 valence electrons. The van der Waals surface area contributed by atoms with Crippen molar-refractivity contribution in [3.8, 4) is 11.8 Å². The Morgan fingerprint density at radius 2 is 2.24 bits per heavy atom. The average Bonchev–Trinajstić information content (AvgIpc) is 2.96. The predicted octanol–water partition coefficient (Wildman–Crippen LogP) is 2.16. The molecule has 7 heteroatoms. The van der Waals surface area contributed by atoms with Gasteiger partial charge in [0.25, 0.3) is 0 Å². The number of aromatic nitrogens is 3. The second-order valence-electron chi connectivity index (χ2n) is 4.69. The van der Waals surface area contributed by atoms with E-state index < -0.39 is 0 Å². The maximum absolute atomic E-state index is 8.88. The molecule has 2 aromatic rings. The lowest BCUT2D eigenvalue weighted by molar-refractivity contribution is 0.224. The van der Waals surface area contributed by atoms with Gasteiger partial charge in [-0.1, -0.05) is 0 Å². The quantitative estimate of drug-likeness (QED) is 0.848. The average molecular weight is 346 g/mol. The van der Waals surface area contributed by atoms with Crippen LogP contribution >= 0.6 is 15.9 Å². The van der Waals surface area contributed by atoms with E-state index in [1.165, 1.54) is 6.33 Å². The number of halogens is 1. The van der Waals surface area contributed by atoms with Crippen LogP contribution in [0, 0.1) is 11.3 Å². The van der Waals surface area contributed by atoms with E-state index in [2.05, 4.69) is 35.8 Å². The minimum atomic E-state index is 0.0848. The van der Waals surface area contributed by atoms with Crippen molar-refractivity contribution in [3.63, 3.8) is 0 Å². The van der Waals surface area contributed by atoms with E-state index >= 15 is 0 Å². The summed E-state index contributed by atoms with van der Waals surface area (Å²) in [5.41, 5.74) is 0.376. The number of anilines is 1. The number of nitriles is 1. The Morgan fingerprint density at radius 1 is 1.33 bits per heavy atom. The summed E-state index contributed by atoms with van der Waals surface area (Å²) in [6, 6.07) is 5.62. The van der Waals surface area contributed by atoms with Gasteiger partial charge in [0, 0.05) is 29.7 Å². The Balaban J connectivity index is 1.66. The Bertz CT molecular complexity index is 687. The van der Waals surface area contributed by atoms with Crippen LogP contribution in [0.25, 0.3) is 0 Å². The number of nitrogens with zero attached hydrogens (tertiary/aromatic N) is 5. The molecule has 1 aliphatic rings. The highest BCUT2D eigenvalue weighted by atomic mass is 79.9. The maximum atomic E-state index is 8.88. The third-order valence-electron chi connectivity index (χ3n) is 3.22. The van der Waals surface area contributed by atoms with Crippen LogP contribution in [-0.2, 0) is 0 Å². The molecule has 3 rings (SSSR count). The van der Waals surface area contributed by atoms with Gasteiger partial charge >= 0.3 is 0 Å². The molecule has 0 N–H and O–H groups in total. The zero-order valence-corrected chi connectivity index (χ0v) is 12.7. The summed E-state index contributed by atoms with van der Waals surface area (Å²) in [7, 11) is 0. The molecule has 0 aromatic carbocycles. The van der Waals surface area contributed by atoms with Gasteiger partial charge in [-0.3, -0.25) is 4.98 Å². The molecule has 0 amide bonds. The van der Waals surface area contributed by atoms with E-state index in [-0.39, 0.29) is 6.10 Å². The van der Waals surface area contributed by atoms with Crippen LogP contribution in [0.4, 0.5) is 5.82 Å². The SMILES string of the molecule is N#Cc1cc(N2CCC(Oc3cncc(Br)c3)C2)ncn1. The van der Waals surface area contributed by atoms with Crippen LogP contribution in [0.5, 0.6) is 5.75 Å². The van der Waals surface area contributed by atoms with Gasteiger partial charge in [-0.2, -0.15) is 5.26 Å². The smallest absolute Gasteiger partial charge is 0.145 e. The highest BCUT2D eigenvalue weighted by Crippen LogP contribution is 2.23. The summed E-state index contributed by atoms with van der Waals surface area (Å²) in [6.07, 6.45) is 5.82. The van der Waals surface area contributed by atoms with E-state index in [1.54, 1.807) is 18.5 Å². The first kappa shape index (κ1) is 13.8. The standard InChI is InChI=1S/C14H12BrN5O/c15-10-3-13(7-17-6-10)21-12-1-2-20(8-12)14-4-11(5-16)18-9-19-14/h3-4,6-7,9,12H,1-2,8H2. The van der Waals surface area contributed by atoms with Crippen LogP contribution in [0.3, 0.4) is 0 Å². The van der Waals surface area contributed by atoms with E-state index in [9.17, 15) is 0 Å². The number of rotatable bonds is 3. The van der Waals surface area contributed by atoms with E-state index in [1.807, 2.05) is 12.1 Å². The van der Waals surface area contributed by atoms with E-state index in [0.29, 0.717) is 5.69 Å². The minimum absolute atomic E-state index is 0.0848. The molecular weight excluding hydrogens is 334 g/mol. The van der Waals surface area contributed by atoms with Gasteiger partial charge in [-0.05, 0) is 22.0 Å². The molecule has 0 saturated carbocycles. The van der Waals surface area contributed by atoms with Crippen molar-refractivity contribution < 1.29 is 4.74 Å². The van der Waals surface area contributed by atoms with Gasteiger partial charge in [0.2, 0.25) is 0 Å². The minimum Gasteiger partial charge on any atom is -0.487 e. The molecular formula is C14H12BrN5O. The summed E-state index contributed by atoms with van der Waals surface area (Å²) >= 11 is 3.38. The molecule has 1 aliphatic heterocycles. The Morgan fingerprint density at radius 3 is 3.05 bits per heavy atom. The van der Waals surface area contributed by atoms with Crippen LogP contribution in [0.1, 0.15) is 12.1 Å². The molecule has 1 unspecified atom stereocenters. The summed E-state index contributed by atoms with van der Waals surface area (Å²) in [4.78, 5) is 14.3. The fraction of sp³-hybridized carbons (Fsp3) is 0.286. The zero-order chi connectivity index (χ0) is 14.7. The van der Waals surface area contributed by atoms with Crippen LogP contribution in [0.15, 0.2) is 35.3 Å². The van der Waals surface area contributed by atoms with Gasteiger partial charge in [0.15, 0.2) is 0 Å². The molecule has 21 heavy (non-hydrogen) atoms. The Kier molecular flexibility index (Phi) is 3.97.